The molecule has 0 aromatic carbocycles. The monoisotopic (exact) mass is 544 g/mol. The van der Waals surface area contributed by atoms with E-state index in [1.54, 1.807) is 19.2 Å². The number of amides is 1. The summed E-state index contributed by atoms with van der Waals surface area (Å²) in [6.07, 6.45) is 0.350. The van der Waals surface area contributed by atoms with E-state index in [1.165, 1.54) is 23.0 Å². The molecule has 5 heterocycles. The van der Waals surface area contributed by atoms with Crippen molar-refractivity contribution < 1.29 is 26.7 Å². The first-order valence-corrected chi connectivity index (χ1v) is 12.1. The second-order valence-electron chi connectivity index (χ2n) is 9.92. The molecule has 39 heavy (non-hydrogen) atoms. The highest BCUT2D eigenvalue weighted by atomic mass is 19.4. The molecule has 1 aliphatic heterocycles. The number of pyridine rings is 1. The summed E-state index contributed by atoms with van der Waals surface area (Å²) in [5.74, 6) is -4.76. The zero-order valence-electron chi connectivity index (χ0n) is 20.4. The molecule has 14 heteroatoms. The van der Waals surface area contributed by atoms with Gasteiger partial charge in [0.25, 0.3) is 0 Å². The van der Waals surface area contributed by atoms with Crippen molar-refractivity contribution in [1.29, 1.82) is 0 Å². The number of carbonyl (C=O) groups is 1. The molecule has 1 aliphatic carbocycles. The number of alkyl halides is 5. The van der Waals surface area contributed by atoms with Crippen LogP contribution in [0, 0.1) is 0 Å². The van der Waals surface area contributed by atoms with Gasteiger partial charge in [-0.25, -0.2) is 19.9 Å². The van der Waals surface area contributed by atoms with Gasteiger partial charge >= 0.3 is 12.1 Å². The Morgan fingerprint density at radius 3 is 2.56 bits per heavy atom. The number of imidazole rings is 1. The van der Waals surface area contributed by atoms with Crippen molar-refractivity contribution in [2.75, 3.05) is 11.1 Å². The Hall–Kier alpha value is -4.23. The van der Waals surface area contributed by atoms with Crippen molar-refractivity contribution in [1.82, 2.24) is 29.3 Å². The van der Waals surface area contributed by atoms with Gasteiger partial charge in [0.1, 0.15) is 22.7 Å². The number of fused-ring (bicyclic) bond motifs is 2. The first-order chi connectivity index (χ1) is 18.4. The van der Waals surface area contributed by atoms with E-state index in [9.17, 15) is 26.7 Å². The number of carbonyl (C=O) groups excluding carboxylic acids is 1. The molecule has 6 rings (SSSR count). The Bertz CT molecular complexity index is 1610. The third-order valence-electron chi connectivity index (χ3n) is 7.23. The number of aromatic nitrogens is 6. The van der Waals surface area contributed by atoms with Gasteiger partial charge in [-0.05, 0) is 43.7 Å². The molecule has 1 saturated carbocycles. The summed E-state index contributed by atoms with van der Waals surface area (Å²) in [6, 6.07) is 3.73. The van der Waals surface area contributed by atoms with E-state index >= 15 is 0 Å². The second kappa shape index (κ2) is 8.38. The van der Waals surface area contributed by atoms with Crippen LogP contribution in [-0.4, -0.2) is 47.3 Å². The SMILES string of the molecule is CC1(c2ccc(C3CC3)cn2)C(=O)Nc2nc(-c3cn4ccnc4c(CCC(F)(F)C(F)(F)F)n3)nc(N)c21. The number of aryl methyl sites for hydroxylation is 1. The summed E-state index contributed by atoms with van der Waals surface area (Å²) in [5, 5.41) is 2.71. The maximum atomic E-state index is 13.6. The molecule has 0 radical (unpaired) electrons. The van der Waals surface area contributed by atoms with E-state index in [-0.39, 0.29) is 34.5 Å². The number of halogens is 5. The smallest absolute Gasteiger partial charge is 0.383 e. The number of hydrogen-bond acceptors (Lipinski definition) is 7. The van der Waals surface area contributed by atoms with Crippen molar-refractivity contribution in [3.8, 4) is 11.5 Å². The predicted octanol–water partition coefficient (Wildman–Crippen LogP) is 4.43. The van der Waals surface area contributed by atoms with Crippen LogP contribution in [0.25, 0.3) is 17.2 Å². The molecule has 202 valence electrons. The molecule has 1 atom stereocenters. The average molecular weight is 544 g/mol. The summed E-state index contributed by atoms with van der Waals surface area (Å²) in [4.78, 5) is 34.7. The molecule has 1 amide bonds. The lowest BCUT2D eigenvalue weighted by molar-refractivity contribution is -0.284. The van der Waals surface area contributed by atoms with Crippen molar-refractivity contribution in [3.05, 3.63) is 59.4 Å². The summed E-state index contributed by atoms with van der Waals surface area (Å²) in [6.45, 7) is 1.67. The lowest BCUT2D eigenvalue weighted by Crippen LogP contribution is -2.36. The molecule has 1 unspecified atom stereocenters. The number of nitrogen functional groups attached to an aromatic ring is 1. The highest BCUT2D eigenvalue weighted by molar-refractivity contribution is 6.08. The standard InChI is InChI=1S/C25H21F5N8O/c1-23(16-5-4-13(10-33-16)12-2-3-12)17-18(31)35-19(36-20(17)37-22(23)39)15-11-38-9-8-32-21(38)14(34-15)6-7-24(26,27)25(28,29)30/h4-5,8-12H,2-3,6-7H2,1H3,(H3,31,35,36,37,39). The van der Waals surface area contributed by atoms with Gasteiger partial charge < -0.3 is 15.5 Å². The van der Waals surface area contributed by atoms with E-state index in [4.69, 9.17) is 5.73 Å². The molecule has 1 fully saturated rings. The van der Waals surface area contributed by atoms with Gasteiger partial charge in [0, 0.05) is 31.2 Å². The van der Waals surface area contributed by atoms with E-state index in [1.807, 2.05) is 6.07 Å². The van der Waals surface area contributed by atoms with E-state index in [0.29, 0.717) is 17.2 Å². The van der Waals surface area contributed by atoms with Crippen LogP contribution >= 0.6 is 0 Å². The summed E-state index contributed by atoms with van der Waals surface area (Å²) < 4.78 is 66.8. The number of nitrogens with zero attached hydrogens (tertiary/aromatic N) is 6. The molecule has 0 spiro atoms. The van der Waals surface area contributed by atoms with Gasteiger partial charge in [-0.1, -0.05) is 6.07 Å². The minimum absolute atomic E-state index is 0.0263. The zero-order valence-corrected chi connectivity index (χ0v) is 20.4. The van der Waals surface area contributed by atoms with Crippen LogP contribution in [0.4, 0.5) is 33.6 Å². The van der Waals surface area contributed by atoms with E-state index in [0.717, 1.165) is 18.4 Å². The number of hydrogen-bond donors (Lipinski definition) is 2. The first-order valence-electron chi connectivity index (χ1n) is 12.1. The minimum atomic E-state index is -5.69. The quantitative estimate of drug-likeness (QED) is 0.344. The molecule has 3 N–H and O–H groups in total. The Morgan fingerprint density at radius 2 is 1.90 bits per heavy atom. The van der Waals surface area contributed by atoms with Gasteiger partial charge in [-0.3, -0.25) is 9.78 Å². The van der Waals surface area contributed by atoms with Crippen molar-refractivity contribution in [2.45, 2.75) is 56.0 Å². The van der Waals surface area contributed by atoms with Crippen LogP contribution in [0.2, 0.25) is 0 Å². The summed E-state index contributed by atoms with van der Waals surface area (Å²) >= 11 is 0. The van der Waals surface area contributed by atoms with Gasteiger partial charge in [0.05, 0.1) is 17.0 Å². The Labute approximate surface area is 217 Å². The van der Waals surface area contributed by atoms with Crippen molar-refractivity contribution in [2.24, 2.45) is 0 Å². The largest absolute Gasteiger partial charge is 0.453 e. The fourth-order valence-corrected chi connectivity index (χ4v) is 4.82. The topological polar surface area (TPSA) is 124 Å². The summed E-state index contributed by atoms with van der Waals surface area (Å²) in [7, 11) is 0. The number of anilines is 2. The third-order valence-corrected chi connectivity index (χ3v) is 7.23. The molecule has 0 bridgehead atoms. The van der Waals surface area contributed by atoms with Crippen LogP contribution < -0.4 is 11.1 Å². The van der Waals surface area contributed by atoms with Crippen molar-refractivity contribution >= 4 is 23.2 Å². The molecule has 0 saturated heterocycles. The second-order valence-corrected chi connectivity index (χ2v) is 9.92. The number of nitrogens with two attached hydrogens (primary N) is 1. The molecule has 9 nitrogen and oxygen atoms in total. The van der Waals surface area contributed by atoms with Crippen LogP contribution in [0.5, 0.6) is 0 Å². The number of nitrogens with one attached hydrogen (secondary N) is 1. The van der Waals surface area contributed by atoms with E-state index < -0.39 is 36.3 Å². The van der Waals surface area contributed by atoms with Crippen LogP contribution in [-0.2, 0) is 16.6 Å². The molecular weight excluding hydrogens is 523 g/mol. The van der Waals surface area contributed by atoms with Gasteiger partial charge in [0.2, 0.25) is 5.91 Å². The minimum Gasteiger partial charge on any atom is -0.383 e. The van der Waals surface area contributed by atoms with Gasteiger partial charge in [-0.15, -0.1) is 0 Å². The molecule has 4 aromatic heterocycles. The first kappa shape index (κ1) is 25.1. The van der Waals surface area contributed by atoms with Crippen LogP contribution in [0.15, 0.2) is 36.9 Å². The maximum Gasteiger partial charge on any atom is 0.453 e. The van der Waals surface area contributed by atoms with Crippen LogP contribution in [0.1, 0.15) is 54.6 Å². The van der Waals surface area contributed by atoms with Gasteiger partial charge in [-0.2, -0.15) is 22.0 Å². The zero-order chi connectivity index (χ0) is 27.7. The maximum absolute atomic E-state index is 13.6. The average Bonchev–Trinajstić information content (AvgIpc) is 3.56. The summed E-state index contributed by atoms with van der Waals surface area (Å²) in [5.41, 5.74) is 7.03. The highest BCUT2D eigenvalue weighted by Crippen LogP contribution is 2.45. The molecule has 4 aromatic rings. The lowest BCUT2D eigenvalue weighted by atomic mass is 9.80. The lowest BCUT2D eigenvalue weighted by Gasteiger charge is -2.22. The Morgan fingerprint density at radius 1 is 1.13 bits per heavy atom. The Balaban J connectivity index is 1.38. The Kier molecular flexibility index (Phi) is 5.39. The fraction of sp³-hybridized carbons (Fsp3) is 0.360. The molecular formula is C25H21F5N8O. The molecule has 2 aliphatic rings. The van der Waals surface area contributed by atoms with Gasteiger partial charge in [0.15, 0.2) is 11.5 Å². The van der Waals surface area contributed by atoms with Crippen molar-refractivity contribution in [3.63, 3.8) is 0 Å². The normalized spacial score (nSPS) is 19.4. The third kappa shape index (κ3) is 4.05. The fourth-order valence-electron chi connectivity index (χ4n) is 4.82. The van der Waals surface area contributed by atoms with E-state index in [2.05, 4.69) is 30.2 Å². The highest BCUT2D eigenvalue weighted by Gasteiger charge is 2.56. The number of rotatable bonds is 6. The van der Waals surface area contributed by atoms with Crippen LogP contribution in [0.3, 0.4) is 0 Å². The predicted molar refractivity (Wildman–Crippen MR) is 129 cm³/mol.